The maximum Gasteiger partial charge on any atom is -0.0297 e. The monoisotopic (exact) mass is 196 g/mol. The highest BCUT2D eigenvalue weighted by Gasteiger charge is 2.40. The first-order chi connectivity index (χ1) is 6.64. The molecule has 0 aromatic heterocycles. The third kappa shape index (κ3) is 2.52. The van der Waals surface area contributed by atoms with Crippen LogP contribution in [0.15, 0.2) is 0 Å². The van der Waals surface area contributed by atoms with Crippen molar-refractivity contribution in [2.45, 2.75) is 72.6 Å². The Kier molecular flexibility index (Phi) is 4.47. The van der Waals surface area contributed by atoms with Crippen molar-refractivity contribution in [3.8, 4) is 0 Å². The number of rotatable bonds is 5. The van der Waals surface area contributed by atoms with E-state index in [0.29, 0.717) is 5.41 Å². The van der Waals surface area contributed by atoms with Crippen LogP contribution in [0, 0.1) is 17.3 Å². The standard InChI is InChI=1S/C14H28/c1-5-7-10-14(4)11-9-13(8-6-2)12(14)3/h12-13H,5-11H2,1-4H3. The maximum absolute atomic E-state index is 2.53. The molecule has 0 bridgehead atoms. The summed E-state index contributed by atoms with van der Waals surface area (Å²) in [4.78, 5) is 0. The Hall–Kier alpha value is 0. The molecular weight excluding hydrogens is 168 g/mol. The van der Waals surface area contributed by atoms with Gasteiger partial charge in [0, 0.05) is 0 Å². The summed E-state index contributed by atoms with van der Waals surface area (Å²) in [6, 6.07) is 0. The lowest BCUT2D eigenvalue weighted by Gasteiger charge is -2.31. The van der Waals surface area contributed by atoms with E-state index in [-0.39, 0.29) is 0 Å². The number of unbranched alkanes of at least 4 members (excludes halogenated alkanes) is 1. The maximum atomic E-state index is 2.53. The molecule has 1 aliphatic carbocycles. The van der Waals surface area contributed by atoms with Gasteiger partial charge in [0.15, 0.2) is 0 Å². The fourth-order valence-electron chi connectivity index (χ4n) is 3.26. The molecule has 84 valence electrons. The Morgan fingerprint density at radius 2 is 1.93 bits per heavy atom. The first-order valence-corrected chi connectivity index (χ1v) is 6.64. The Labute approximate surface area is 90.5 Å². The zero-order valence-corrected chi connectivity index (χ0v) is 10.6. The summed E-state index contributed by atoms with van der Waals surface area (Å²) in [6.07, 6.45) is 10.1. The third-order valence-electron chi connectivity index (χ3n) is 4.65. The molecule has 0 aliphatic heterocycles. The van der Waals surface area contributed by atoms with Crippen LogP contribution in [0.3, 0.4) is 0 Å². The van der Waals surface area contributed by atoms with E-state index in [1.165, 1.54) is 44.9 Å². The van der Waals surface area contributed by atoms with Crippen molar-refractivity contribution in [3.05, 3.63) is 0 Å². The zero-order chi connectivity index (χ0) is 10.6. The summed E-state index contributed by atoms with van der Waals surface area (Å²) in [5, 5.41) is 0. The zero-order valence-electron chi connectivity index (χ0n) is 10.6. The van der Waals surface area contributed by atoms with Crippen LogP contribution in [-0.4, -0.2) is 0 Å². The van der Waals surface area contributed by atoms with Crippen LogP contribution in [0.1, 0.15) is 72.6 Å². The van der Waals surface area contributed by atoms with E-state index in [4.69, 9.17) is 0 Å². The molecule has 0 heteroatoms. The quantitative estimate of drug-likeness (QED) is 0.578. The fraction of sp³-hybridized carbons (Fsp3) is 1.00. The van der Waals surface area contributed by atoms with Gasteiger partial charge in [-0.15, -0.1) is 0 Å². The van der Waals surface area contributed by atoms with Crippen LogP contribution in [0.5, 0.6) is 0 Å². The molecule has 1 saturated carbocycles. The van der Waals surface area contributed by atoms with Gasteiger partial charge < -0.3 is 0 Å². The molecule has 0 aromatic rings. The van der Waals surface area contributed by atoms with Crippen molar-refractivity contribution in [2.24, 2.45) is 17.3 Å². The molecule has 3 atom stereocenters. The first kappa shape index (κ1) is 12.1. The summed E-state index contributed by atoms with van der Waals surface area (Å²) in [7, 11) is 0. The summed E-state index contributed by atoms with van der Waals surface area (Å²) < 4.78 is 0. The van der Waals surface area contributed by atoms with Crippen molar-refractivity contribution in [1.82, 2.24) is 0 Å². The minimum Gasteiger partial charge on any atom is -0.0654 e. The van der Waals surface area contributed by atoms with Gasteiger partial charge in [0.1, 0.15) is 0 Å². The van der Waals surface area contributed by atoms with Crippen LogP contribution in [0.4, 0.5) is 0 Å². The van der Waals surface area contributed by atoms with Crippen molar-refractivity contribution < 1.29 is 0 Å². The molecule has 0 radical (unpaired) electrons. The lowest BCUT2D eigenvalue weighted by molar-refractivity contribution is 0.185. The van der Waals surface area contributed by atoms with Gasteiger partial charge in [-0.2, -0.15) is 0 Å². The molecule has 0 aromatic carbocycles. The first-order valence-electron chi connectivity index (χ1n) is 6.64. The minimum absolute atomic E-state index is 0.676. The SMILES string of the molecule is CCCCC1(C)CCC(CCC)C1C. The normalized spacial score (nSPS) is 37.7. The third-order valence-corrected chi connectivity index (χ3v) is 4.65. The summed E-state index contributed by atoms with van der Waals surface area (Å²) in [5.41, 5.74) is 0.676. The second-order valence-corrected chi connectivity index (χ2v) is 5.63. The highest BCUT2D eigenvalue weighted by Crippen LogP contribution is 2.50. The van der Waals surface area contributed by atoms with Gasteiger partial charge in [-0.05, 0) is 36.5 Å². The van der Waals surface area contributed by atoms with E-state index in [2.05, 4.69) is 27.7 Å². The van der Waals surface area contributed by atoms with Crippen molar-refractivity contribution >= 4 is 0 Å². The highest BCUT2D eigenvalue weighted by molar-refractivity contribution is 4.91. The lowest BCUT2D eigenvalue weighted by atomic mass is 9.74. The predicted octanol–water partition coefficient (Wildman–Crippen LogP) is 5.03. The number of hydrogen-bond donors (Lipinski definition) is 0. The highest BCUT2D eigenvalue weighted by atomic mass is 14.5. The molecule has 0 nitrogen and oxygen atoms in total. The molecule has 14 heavy (non-hydrogen) atoms. The van der Waals surface area contributed by atoms with E-state index in [0.717, 1.165) is 11.8 Å². The molecule has 1 fully saturated rings. The summed E-state index contributed by atoms with van der Waals surface area (Å²) in [5.74, 6) is 2.00. The van der Waals surface area contributed by atoms with E-state index in [1.807, 2.05) is 0 Å². The van der Waals surface area contributed by atoms with E-state index < -0.39 is 0 Å². The van der Waals surface area contributed by atoms with Gasteiger partial charge in [-0.3, -0.25) is 0 Å². The Morgan fingerprint density at radius 3 is 2.50 bits per heavy atom. The molecule has 0 heterocycles. The molecule has 3 unspecified atom stereocenters. The van der Waals surface area contributed by atoms with Gasteiger partial charge in [0.2, 0.25) is 0 Å². The summed E-state index contributed by atoms with van der Waals surface area (Å²) >= 11 is 0. The molecule has 1 rings (SSSR count). The average Bonchev–Trinajstić information content (AvgIpc) is 2.45. The van der Waals surface area contributed by atoms with Crippen LogP contribution >= 0.6 is 0 Å². The van der Waals surface area contributed by atoms with Crippen LogP contribution < -0.4 is 0 Å². The van der Waals surface area contributed by atoms with E-state index >= 15 is 0 Å². The van der Waals surface area contributed by atoms with E-state index in [1.54, 1.807) is 0 Å². The van der Waals surface area contributed by atoms with Crippen molar-refractivity contribution in [3.63, 3.8) is 0 Å². The second kappa shape index (κ2) is 5.19. The van der Waals surface area contributed by atoms with Crippen LogP contribution in [0.2, 0.25) is 0 Å². The van der Waals surface area contributed by atoms with Gasteiger partial charge >= 0.3 is 0 Å². The topological polar surface area (TPSA) is 0 Å². The molecule has 0 saturated heterocycles. The molecule has 0 N–H and O–H groups in total. The number of hydrogen-bond acceptors (Lipinski definition) is 0. The van der Waals surface area contributed by atoms with Gasteiger partial charge in [0.05, 0.1) is 0 Å². The average molecular weight is 196 g/mol. The summed E-state index contributed by atoms with van der Waals surface area (Å²) in [6.45, 7) is 9.67. The fourth-order valence-corrected chi connectivity index (χ4v) is 3.26. The second-order valence-electron chi connectivity index (χ2n) is 5.63. The van der Waals surface area contributed by atoms with Crippen molar-refractivity contribution in [2.75, 3.05) is 0 Å². The Bertz CT molecular complexity index is 161. The van der Waals surface area contributed by atoms with Crippen molar-refractivity contribution in [1.29, 1.82) is 0 Å². The predicted molar refractivity (Wildman–Crippen MR) is 64.4 cm³/mol. The largest absolute Gasteiger partial charge is 0.0654 e. The lowest BCUT2D eigenvalue weighted by Crippen LogP contribution is -2.22. The van der Waals surface area contributed by atoms with Gasteiger partial charge in [-0.1, -0.05) is 53.4 Å². The van der Waals surface area contributed by atoms with Crippen LogP contribution in [0.25, 0.3) is 0 Å². The molecule has 0 amide bonds. The molecule has 1 aliphatic rings. The van der Waals surface area contributed by atoms with E-state index in [9.17, 15) is 0 Å². The minimum atomic E-state index is 0.676. The van der Waals surface area contributed by atoms with Gasteiger partial charge in [-0.25, -0.2) is 0 Å². The molecular formula is C14H28. The Balaban J connectivity index is 2.47. The Morgan fingerprint density at radius 1 is 1.21 bits per heavy atom. The van der Waals surface area contributed by atoms with Crippen LogP contribution in [-0.2, 0) is 0 Å². The smallest absolute Gasteiger partial charge is 0.0297 e. The molecule has 0 spiro atoms. The van der Waals surface area contributed by atoms with Gasteiger partial charge in [0.25, 0.3) is 0 Å².